The predicted molar refractivity (Wildman–Crippen MR) is 75.2 cm³/mol. The minimum absolute atomic E-state index is 0.0454. The molecule has 0 amide bonds. The average Bonchev–Trinajstić information content (AvgIpc) is 2.97. The van der Waals surface area contributed by atoms with E-state index in [0.717, 1.165) is 0 Å². The van der Waals surface area contributed by atoms with Crippen molar-refractivity contribution in [1.82, 2.24) is 19.2 Å². The van der Waals surface area contributed by atoms with Gasteiger partial charge in [-0.2, -0.15) is 13.2 Å². The van der Waals surface area contributed by atoms with Gasteiger partial charge in [-0.3, -0.25) is 9.36 Å². The van der Waals surface area contributed by atoms with Gasteiger partial charge in [0, 0.05) is 7.05 Å². The van der Waals surface area contributed by atoms with E-state index in [2.05, 4.69) is 10.1 Å². The van der Waals surface area contributed by atoms with E-state index in [-0.39, 0.29) is 36.9 Å². The lowest BCUT2D eigenvalue weighted by Crippen LogP contribution is -2.30. The van der Waals surface area contributed by atoms with Gasteiger partial charge < -0.3 is 4.74 Å². The first kappa shape index (κ1) is 15.8. The molecule has 2 aromatic rings. The third-order valence-corrected chi connectivity index (χ3v) is 4.38. The molecule has 0 aromatic carbocycles. The molecule has 2 aromatic heterocycles. The maximum absolute atomic E-state index is 12.6. The highest BCUT2D eigenvalue weighted by Crippen LogP contribution is 2.39. The number of halogens is 3. The number of ether oxygens (including phenoxy) is 1. The molecule has 0 radical (unpaired) electrons. The van der Waals surface area contributed by atoms with E-state index in [0.29, 0.717) is 18.4 Å². The molecule has 1 aliphatic rings. The molecule has 1 saturated carbocycles. The van der Waals surface area contributed by atoms with Gasteiger partial charge in [0.15, 0.2) is 5.52 Å². The molecule has 1 aliphatic carbocycles. The molecule has 2 heterocycles. The number of aromatic nitrogens is 4. The summed E-state index contributed by atoms with van der Waals surface area (Å²) in [5.41, 5.74) is 0.0545. The Hall–Kier alpha value is -2.06. The van der Waals surface area contributed by atoms with Crippen LogP contribution in [0.5, 0.6) is 6.01 Å². The van der Waals surface area contributed by atoms with Gasteiger partial charge in [0.05, 0.1) is 18.7 Å². The van der Waals surface area contributed by atoms with Crippen LogP contribution in [0.4, 0.5) is 13.2 Å². The standard InChI is InChI=1S/C14H17F3N4O2/c1-20-12(22)11-6-18-8-21(11)19-13(20)23-7-9-2-4-10(5-3-9)14(15,16)17/h6,8-10H,2-5,7H2,1H3. The van der Waals surface area contributed by atoms with Gasteiger partial charge in [-0.15, -0.1) is 5.10 Å². The highest BCUT2D eigenvalue weighted by atomic mass is 19.4. The van der Waals surface area contributed by atoms with Crippen LogP contribution in [0.2, 0.25) is 0 Å². The summed E-state index contributed by atoms with van der Waals surface area (Å²) in [4.78, 5) is 15.9. The summed E-state index contributed by atoms with van der Waals surface area (Å²) in [5, 5.41) is 4.15. The van der Waals surface area contributed by atoms with Crippen molar-refractivity contribution < 1.29 is 17.9 Å². The maximum atomic E-state index is 12.6. The number of fused-ring (bicyclic) bond motifs is 1. The molecular weight excluding hydrogens is 313 g/mol. The van der Waals surface area contributed by atoms with E-state index in [9.17, 15) is 18.0 Å². The number of hydrogen-bond acceptors (Lipinski definition) is 4. The molecular formula is C14H17F3N4O2. The maximum Gasteiger partial charge on any atom is 0.391 e. The molecule has 1 fully saturated rings. The first-order chi connectivity index (χ1) is 10.9. The van der Waals surface area contributed by atoms with Crippen molar-refractivity contribution in [3.8, 4) is 6.01 Å². The van der Waals surface area contributed by atoms with Crippen molar-refractivity contribution >= 4 is 5.52 Å². The van der Waals surface area contributed by atoms with Gasteiger partial charge in [0.1, 0.15) is 6.33 Å². The van der Waals surface area contributed by atoms with E-state index in [1.54, 1.807) is 0 Å². The van der Waals surface area contributed by atoms with Gasteiger partial charge in [-0.05, 0) is 31.6 Å². The third-order valence-electron chi connectivity index (χ3n) is 4.38. The van der Waals surface area contributed by atoms with Crippen molar-refractivity contribution in [2.45, 2.75) is 31.9 Å². The van der Waals surface area contributed by atoms with Crippen LogP contribution < -0.4 is 10.3 Å². The van der Waals surface area contributed by atoms with E-state index < -0.39 is 12.1 Å². The van der Waals surface area contributed by atoms with Gasteiger partial charge in [-0.25, -0.2) is 9.50 Å². The molecule has 0 spiro atoms. The molecule has 0 N–H and O–H groups in total. The van der Waals surface area contributed by atoms with E-state index in [1.165, 1.54) is 28.7 Å². The van der Waals surface area contributed by atoms with Crippen molar-refractivity contribution in [2.75, 3.05) is 6.61 Å². The Kier molecular flexibility index (Phi) is 4.03. The molecule has 126 valence electrons. The minimum Gasteiger partial charge on any atom is -0.463 e. The second-order valence-corrected chi connectivity index (χ2v) is 5.94. The van der Waals surface area contributed by atoms with Crippen molar-refractivity contribution in [3.63, 3.8) is 0 Å². The molecule has 0 aliphatic heterocycles. The van der Waals surface area contributed by atoms with Gasteiger partial charge >= 0.3 is 12.2 Å². The molecule has 23 heavy (non-hydrogen) atoms. The van der Waals surface area contributed by atoms with Crippen LogP contribution in [0.25, 0.3) is 5.52 Å². The van der Waals surface area contributed by atoms with E-state index >= 15 is 0 Å². The molecule has 0 bridgehead atoms. The van der Waals surface area contributed by atoms with E-state index in [4.69, 9.17) is 4.74 Å². The van der Waals surface area contributed by atoms with Crippen LogP contribution in [0.1, 0.15) is 25.7 Å². The topological polar surface area (TPSA) is 61.4 Å². The zero-order valence-electron chi connectivity index (χ0n) is 12.6. The first-order valence-electron chi connectivity index (χ1n) is 7.45. The Balaban J connectivity index is 1.64. The quantitative estimate of drug-likeness (QED) is 0.865. The van der Waals surface area contributed by atoms with Crippen molar-refractivity contribution in [2.24, 2.45) is 18.9 Å². The Morgan fingerprint density at radius 3 is 2.65 bits per heavy atom. The highest BCUT2D eigenvalue weighted by Gasteiger charge is 2.41. The molecule has 6 nitrogen and oxygen atoms in total. The highest BCUT2D eigenvalue weighted by molar-refractivity contribution is 5.40. The third kappa shape index (κ3) is 3.18. The number of hydrogen-bond donors (Lipinski definition) is 0. The fourth-order valence-electron chi connectivity index (χ4n) is 2.91. The van der Waals surface area contributed by atoms with Gasteiger partial charge in [-0.1, -0.05) is 0 Å². The summed E-state index contributed by atoms with van der Waals surface area (Å²) in [6.07, 6.45) is -0.106. The zero-order chi connectivity index (χ0) is 16.6. The largest absolute Gasteiger partial charge is 0.463 e. The van der Waals surface area contributed by atoms with Gasteiger partial charge in [0.2, 0.25) is 0 Å². The Labute approximate surface area is 129 Å². The van der Waals surface area contributed by atoms with Crippen LogP contribution in [-0.2, 0) is 7.05 Å². The first-order valence-corrected chi connectivity index (χ1v) is 7.45. The normalized spacial score (nSPS) is 22.4. The predicted octanol–water partition coefficient (Wildman–Crippen LogP) is 2.18. The Morgan fingerprint density at radius 2 is 2.00 bits per heavy atom. The number of rotatable bonds is 3. The summed E-state index contributed by atoms with van der Waals surface area (Å²) in [6, 6.07) is 0.137. The van der Waals surface area contributed by atoms with E-state index in [1.807, 2.05) is 0 Å². The number of nitrogens with zero attached hydrogens (tertiary/aromatic N) is 4. The Bertz CT molecular complexity index is 745. The molecule has 0 atom stereocenters. The summed E-state index contributed by atoms with van der Waals surface area (Å²) in [7, 11) is 1.54. The minimum atomic E-state index is -4.11. The summed E-state index contributed by atoms with van der Waals surface area (Å²) < 4.78 is 46.1. The summed E-state index contributed by atoms with van der Waals surface area (Å²) in [6.45, 7) is 0.255. The average molecular weight is 330 g/mol. The lowest BCUT2D eigenvalue weighted by molar-refractivity contribution is -0.184. The zero-order valence-corrected chi connectivity index (χ0v) is 12.6. The van der Waals surface area contributed by atoms with Crippen LogP contribution in [0, 0.1) is 11.8 Å². The fourth-order valence-corrected chi connectivity index (χ4v) is 2.91. The van der Waals surface area contributed by atoms with Crippen LogP contribution in [0.3, 0.4) is 0 Å². The van der Waals surface area contributed by atoms with Gasteiger partial charge in [0.25, 0.3) is 5.56 Å². The second kappa shape index (κ2) is 5.86. The smallest absolute Gasteiger partial charge is 0.391 e. The van der Waals surface area contributed by atoms with Crippen LogP contribution in [0.15, 0.2) is 17.3 Å². The monoisotopic (exact) mass is 330 g/mol. The SMILES string of the molecule is Cn1c(OCC2CCC(C(F)(F)F)CC2)nn2cncc2c1=O. The van der Waals surface area contributed by atoms with Crippen LogP contribution >= 0.6 is 0 Å². The summed E-state index contributed by atoms with van der Waals surface area (Å²) >= 11 is 0. The lowest BCUT2D eigenvalue weighted by Gasteiger charge is -2.29. The number of imidazole rings is 1. The summed E-state index contributed by atoms with van der Waals surface area (Å²) in [5.74, 6) is -1.16. The molecule has 0 saturated heterocycles. The Morgan fingerprint density at radius 1 is 1.30 bits per heavy atom. The van der Waals surface area contributed by atoms with Crippen LogP contribution in [-0.4, -0.2) is 31.9 Å². The number of alkyl halides is 3. The molecule has 9 heteroatoms. The fraction of sp³-hybridized carbons (Fsp3) is 0.643. The van der Waals surface area contributed by atoms with Crippen molar-refractivity contribution in [3.05, 3.63) is 22.9 Å². The molecule has 3 rings (SSSR count). The second-order valence-electron chi connectivity index (χ2n) is 5.94. The molecule has 0 unspecified atom stereocenters. The lowest BCUT2D eigenvalue weighted by atomic mass is 9.82. The van der Waals surface area contributed by atoms with Crippen molar-refractivity contribution in [1.29, 1.82) is 0 Å².